The van der Waals surface area contributed by atoms with Crippen molar-refractivity contribution < 1.29 is 9.63 Å². The van der Waals surface area contributed by atoms with Gasteiger partial charge in [0.2, 0.25) is 6.41 Å². The summed E-state index contributed by atoms with van der Waals surface area (Å²) >= 11 is 0. The topological polar surface area (TPSA) is 38.3 Å². The van der Waals surface area contributed by atoms with Gasteiger partial charge in [-0.15, -0.1) is 0 Å². The van der Waals surface area contributed by atoms with Gasteiger partial charge in [-0.25, -0.2) is 0 Å². The highest BCUT2D eigenvalue weighted by Crippen LogP contribution is 1.51. The second-order valence-corrected chi connectivity index (χ2v) is 0.690. The summed E-state index contributed by atoms with van der Waals surface area (Å²) in [6.45, 7) is 1.60. The molecule has 0 unspecified atom stereocenters. The zero-order chi connectivity index (χ0) is 5.54. The molecule has 0 aliphatic heterocycles. The van der Waals surface area contributed by atoms with E-state index >= 15 is 0 Å². The van der Waals surface area contributed by atoms with E-state index in [0.717, 1.165) is 0 Å². The molecule has 0 radical (unpaired) electrons. The largest absolute Gasteiger partial charge is 0.326 e. The summed E-state index contributed by atoms with van der Waals surface area (Å²) in [4.78, 5) is 13.5. The molecule has 0 aromatic carbocycles. The monoisotopic (exact) mass is 99.0 g/mol. The molecule has 0 aromatic heterocycles. The standard InChI is InChI=1S/C4H5NO2/c1-2-3-7-5-4-6/h4H,1H3,(H,5,6). The van der Waals surface area contributed by atoms with E-state index in [9.17, 15) is 4.79 Å². The van der Waals surface area contributed by atoms with Gasteiger partial charge in [-0.3, -0.25) is 4.79 Å². The highest BCUT2D eigenvalue weighted by molar-refractivity contribution is 5.44. The van der Waals surface area contributed by atoms with Crippen molar-refractivity contribution >= 4 is 6.41 Å². The van der Waals surface area contributed by atoms with E-state index in [0.29, 0.717) is 6.41 Å². The molecule has 0 rings (SSSR count). The molecule has 0 saturated heterocycles. The Hall–Kier alpha value is -1.17. The summed E-state index contributed by atoms with van der Waals surface area (Å²) in [6.07, 6.45) is 2.56. The maximum atomic E-state index is 9.38. The van der Waals surface area contributed by atoms with Crippen molar-refractivity contribution in [3.05, 3.63) is 0 Å². The Bertz CT molecular complexity index is 100.0. The van der Waals surface area contributed by atoms with E-state index in [4.69, 9.17) is 0 Å². The predicted octanol–water partition coefficient (Wildman–Crippen LogP) is -0.355. The first-order valence-corrected chi connectivity index (χ1v) is 1.68. The fourth-order valence-electron chi connectivity index (χ4n) is 0.105. The van der Waals surface area contributed by atoms with Crippen LogP contribution in [0.1, 0.15) is 6.92 Å². The number of hydrogen-bond acceptors (Lipinski definition) is 2. The van der Waals surface area contributed by atoms with E-state index in [2.05, 4.69) is 16.9 Å². The van der Waals surface area contributed by atoms with Crippen LogP contribution in [0, 0.1) is 12.0 Å². The van der Waals surface area contributed by atoms with Gasteiger partial charge in [-0.2, -0.15) is 5.48 Å². The Labute approximate surface area is 41.6 Å². The van der Waals surface area contributed by atoms with E-state index < -0.39 is 0 Å². The van der Waals surface area contributed by atoms with E-state index in [-0.39, 0.29) is 0 Å². The third-order valence-corrected chi connectivity index (χ3v) is 0.260. The number of hydroxylamine groups is 1. The number of carbonyl (C=O) groups is 1. The second kappa shape index (κ2) is 4.83. The highest BCUT2D eigenvalue weighted by atomic mass is 16.6. The van der Waals surface area contributed by atoms with Crippen molar-refractivity contribution in [1.29, 1.82) is 0 Å². The lowest BCUT2D eigenvalue weighted by molar-refractivity contribution is -0.116. The first-order chi connectivity index (χ1) is 3.41. The lowest BCUT2D eigenvalue weighted by Gasteiger charge is -1.83. The van der Waals surface area contributed by atoms with E-state index in [1.54, 1.807) is 6.92 Å². The molecule has 0 aromatic rings. The van der Waals surface area contributed by atoms with Crippen LogP contribution in [-0.2, 0) is 9.63 Å². The Kier molecular flexibility index (Phi) is 4.02. The molecule has 0 saturated carbocycles. The maximum absolute atomic E-state index is 9.38. The molecule has 0 atom stereocenters. The van der Waals surface area contributed by atoms with E-state index in [1.807, 2.05) is 5.48 Å². The number of hydrogen-bond donors (Lipinski definition) is 1. The fraction of sp³-hybridized carbons (Fsp3) is 0.250. The Morgan fingerprint density at radius 1 is 1.86 bits per heavy atom. The quantitative estimate of drug-likeness (QED) is 0.222. The fourth-order valence-corrected chi connectivity index (χ4v) is 0.105. The van der Waals surface area contributed by atoms with Gasteiger partial charge in [-0.1, -0.05) is 5.92 Å². The first kappa shape index (κ1) is 5.83. The van der Waals surface area contributed by atoms with Crippen LogP contribution in [0.15, 0.2) is 0 Å². The lowest BCUT2D eigenvalue weighted by Crippen LogP contribution is -2.06. The lowest BCUT2D eigenvalue weighted by atomic mass is 10.8. The number of carbonyl (C=O) groups excluding carboxylic acids is 1. The van der Waals surface area contributed by atoms with Gasteiger partial charge in [0, 0.05) is 6.92 Å². The SMILES string of the molecule is CC#CONC=O. The number of rotatable bonds is 2. The summed E-state index contributed by atoms with van der Waals surface area (Å²) < 4.78 is 0. The summed E-state index contributed by atoms with van der Waals surface area (Å²) in [7, 11) is 0. The van der Waals surface area contributed by atoms with Crippen LogP contribution in [0.5, 0.6) is 0 Å². The minimum atomic E-state index is 0.407. The van der Waals surface area contributed by atoms with Crippen molar-refractivity contribution in [1.82, 2.24) is 5.48 Å². The molecule has 0 fully saturated rings. The molecule has 0 bridgehead atoms. The van der Waals surface area contributed by atoms with Gasteiger partial charge in [0.05, 0.1) is 0 Å². The van der Waals surface area contributed by atoms with Gasteiger partial charge in [0.15, 0.2) is 0 Å². The van der Waals surface area contributed by atoms with E-state index in [1.165, 1.54) is 0 Å². The van der Waals surface area contributed by atoms with Gasteiger partial charge >= 0.3 is 0 Å². The third kappa shape index (κ3) is 4.83. The van der Waals surface area contributed by atoms with Crippen LogP contribution in [0.2, 0.25) is 0 Å². The van der Waals surface area contributed by atoms with Crippen molar-refractivity contribution in [2.45, 2.75) is 6.92 Å². The highest BCUT2D eigenvalue weighted by Gasteiger charge is 1.63. The van der Waals surface area contributed by atoms with Gasteiger partial charge in [0.1, 0.15) is 6.11 Å². The summed E-state index contributed by atoms with van der Waals surface area (Å²) in [6, 6.07) is 0. The predicted molar refractivity (Wildman–Crippen MR) is 23.7 cm³/mol. The second-order valence-electron chi connectivity index (χ2n) is 0.690. The summed E-state index contributed by atoms with van der Waals surface area (Å²) in [5, 5.41) is 0. The molecule has 0 aliphatic carbocycles. The van der Waals surface area contributed by atoms with Crippen LogP contribution in [0.3, 0.4) is 0 Å². The van der Waals surface area contributed by atoms with Crippen molar-refractivity contribution in [3.8, 4) is 12.0 Å². The van der Waals surface area contributed by atoms with Crippen molar-refractivity contribution in [3.63, 3.8) is 0 Å². The molecule has 3 heteroatoms. The third-order valence-electron chi connectivity index (χ3n) is 0.260. The zero-order valence-electron chi connectivity index (χ0n) is 3.89. The molecule has 1 amide bonds. The number of amides is 1. The Morgan fingerprint density at radius 3 is 3.00 bits per heavy atom. The van der Waals surface area contributed by atoms with Crippen molar-refractivity contribution in [2.24, 2.45) is 0 Å². The minimum absolute atomic E-state index is 0.407. The Balaban J connectivity index is 2.92. The Morgan fingerprint density at radius 2 is 2.57 bits per heavy atom. The molecule has 0 heterocycles. The molecule has 38 valence electrons. The van der Waals surface area contributed by atoms with Crippen LogP contribution in [0.25, 0.3) is 0 Å². The molecule has 3 nitrogen and oxygen atoms in total. The zero-order valence-corrected chi connectivity index (χ0v) is 3.89. The smallest absolute Gasteiger partial charge is 0.240 e. The van der Waals surface area contributed by atoms with Crippen LogP contribution in [0.4, 0.5) is 0 Å². The molecule has 7 heavy (non-hydrogen) atoms. The van der Waals surface area contributed by atoms with Gasteiger partial charge in [-0.05, 0) is 0 Å². The van der Waals surface area contributed by atoms with Crippen LogP contribution < -0.4 is 5.48 Å². The van der Waals surface area contributed by atoms with Crippen molar-refractivity contribution in [2.75, 3.05) is 0 Å². The van der Waals surface area contributed by atoms with Gasteiger partial charge in [0.25, 0.3) is 0 Å². The van der Waals surface area contributed by atoms with Crippen LogP contribution >= 0.6 is 0 Å². The van der Waals surface area contributed by atoms with Gasteiger partial charge < -0.3 is 4.84 Å². The van der Waals surface area contributed by atoms with Crippen LogP contribution in [-0.4, -0.2) is 6.41 Å². The maximum Gasteiger partial charge on any atom is 0.240 e. The molecular weight excluding hydrogens is 94.0 g/mol. The first-order valence-electron chi connectivity index (χ1n) is 1.68. The molecule has 0 aliphatic rings. The average Bonchev–Trinajstić information content (AvgIpc) is 1.69. The summed E-state index contributed by atoms with van der Waals surface area (Å²) in [5.74, 6) is 2.41. The summed E-state index contributed by atoms with van der Waals surface area (Å²) in [5.41, 5.74) is 1.90. The number of nitrogens with one attached hydrogen (secondary N) is 1. The molecule has 0 spiro atoms. The molecular formula is C4H5NO2. The average molecular weight is 99.1 g/mol. The normalized spacial score (nSPS) is 5.29. The minimum Gasteiger partial charge on any atom is -0.326 e. The molecule has 1 N–H and O–H groups in total.